The predicted octanol–water partition coefficient (Wildman–Crippen LogP) is 2.57. The van der Waals surface area contributed by atoms with Gasteiger partial charge in [-0.05, 0) is 38.1 Å². The summed E-state index contributed by atoms with van der Waals surface area (Å²) in [5.41, 5.74) is 2.65. The average molecular weight is 414 g/mol. The van der Waals surface area contributed by atoms with Gasteiger partial charge < -0.3 is 24.4 Å². The third kappa shape index (κ3) is 5.97. The van der Waals surface area contributed by atoms with E-state index in [0.29, 0.717) is 17.2 Å². The second kappa shape index (κ2) is 10.3. The lowest BCUT2D eigenvalue weighted by molar-refractivity contribution is -0.136. The van der Waals surface area contributed by atoms with Gasteiger partial charge in [-0.2, -0.15) is 0 Å². The molecule has 8 nitrogen and oxygen atoms in total. The Bertz CT molecular complexity index is 899. The van der Waals surface area contributed by atoms with Crippen molar-refractivity contribution in [2.24, 2.45) is 0 Å². The number of nitrogens with zero attached hydrogens (tertiary/aromatic N) is 1. The van der Waals surface area contributed by atoms with E-state index in [4.69, 9.17) is 14.2 Å². The number of benzene rings is 2. The van der Waals surface area contributed by atoms with Crippen LogP contribution in [0.25, 0.3) is 0 Å². The van der Waals surface area contributed by atoms with Crippen molar-refractivity contribution in [1.82, 2.24) is 4.90 Å². The number of carbonyl (C=O) groups is 3. The number of nitrogens with one attached hydrogen (secondary N) is 1. The van der Waals surface area contributed by atoms with Gasteiger partial charge in [0.25, 0.3) is 5.91 Å². The molecule has 0 aliphatic rings. The van der Waals surface area contributed by atoms with Crippen LogP contribution in [0.2, 0.25) is 0 Å². The fourth-order valence-electron chi connectivity index (χ4n) is 2.67. The van der Waals surface area contributed by atoms with E-state index < -0.39 is 18.5 Å². The van der Waals surface area contributed by atoms with Crippen LogP contribution in [0.3, 0.4) is 0 Å². The van der Waals surface area contributed by atoms with E-state index in [1.165, 1.54) is 38.3 Å². The molecule has 0 radical (unpaired) electrons. The molecule has 0 saturated carbocycles. The SMILES string of the molecule is COc1cc(C(=O)OCC(=O)N(C)CC(=O)Nc2ccc(C)cc2)cc(OC)c1C. The van der Waals surface area contributed by atoms with Crippen LogP contribution in [0.1, 0.15) is 21.5 Å². The molecule has 0 unspecified atom stereocenters. The summed E-state index contributed by atoms with van der Waals surface area (Å²) in [6.45, 7) is 3.08. The molecule has 1 N–H and O–H groups in total. The Hall–Kier alpha value is -3.55. The molecule has 0 aliphatic heterocycles. The molecular weight excluding hydrogens is 388 g/mol. The number of carbonyl (C=O) groups excluding carboxylic acids is 3. The molecule has 160 valence electrons. The monoisotopic (exact) mass is 414 g/mol. The zero-order chi connectivity index (χ0) is 22.3. The van der Waals surface area contributed by atoms with Gasteiger partial charge in [-0.1, -0.05) is 17.7 Å². The molecule has 0 aromatic heterocycles. The minimum Gasteiger partial charge on any atom is -0.496 e. The maximum atomic E-state index is 12.3. The van der Waals surface area contributed by atoms with E-state index in [2.05, 4.69) is 5.32 Å². The lowest BCUT2D eigenvalue weighted by Gasteiger charge is -2.17. The quantitative estimate of drug-likeness (QED) is 0.668. The summed E-state index contributed by atoms with van der Waals surface area (Å²) in [7, 11) is 4.43. The molecule has 0 spiro atoms. The van der Waals surface area contributed by atoms with E-state index in [-0.39, 0.29) is 18.0 Å². The Balaban J connectivity index is 1.90. The number of amides is 2. The second-order valence-electron chi connectivity index (χ2n) is 6.75. The number of methoxy groups -OCH3 is 2. The number of ether oxygens (including phenoxy) is 3. The first-order valence-electron chi connectivity index (χ1n) is 9.25. The number of rotatable bonds is 8. The number of aryl methyl sites for hydroxylation is 1. The van der Waals surface area contributed by atoms with Crippen molar-refractivity contribution in [2.75, 3.05) is 39.7 Å². The lowest BCUT2D eigenvalue weighted by Crippen LogP contribution is -2.37. The molecule has 0 atom stereocenters. The van der Waals surface area contributed by atoms with E-state index in [1.54, 1.807) is 19.1 Å². The highest BCUT2D eigenvalue weighted by atomic mass is 16.5. The van der Waals surface area contributed by atoms with Crippen molar-refractivity contribution >= 4 is 23.5 Å². The molecule has 0 bridgehead atoms. The summed E-state index contributed by atoms with van der Waals surface area (Å²) in [5, 5.41) is 2.71. The van der Waals surface area contributed by atoms with E-state index >= 15 is 0 Å². The number of hydrogen-bond donors (Lipinski definition) is 1. The van der Waals surface area contributed by atoms with Crippen molar-refractivity contribution < 1.29 is 28.6 Å². The topological polar surface area (TPSA) is 94.2 Å². The molecule has 0 fully saturated rings. The Morgan fingerprint density at radius 3 is 2.07 bits per heavy atom. The largest absolute Gasteiger partial charge is 0.496 e. The van der Waals surface area contributed by atoms with E-state index in [9.17, 15) is 14.4 Å². The van der Waals surface area contributed by atoms with Crippen LogP contribution < -0.4 is 14.8 Å². The highest BCUT2D eigenvalue weighted by Crippen LogP contribution is 2.29. The Kier molecular flexibility index (Phi) is 7.80. The predicted molar refractivity (Wildman–Crippen MR) is 112 cm³/mol. The summed E-state index contributed by atoms with van der Waals surface area (Å²) < 4.78 is 15.6. The van der Waals surface area contributed by atoms with Crippen molar-refractivity contribution in [3.8, 4) is 11.5 Å². The third-order valence-electron chi connectivity index (χ3n) is 4.46. The van der Waals surface area contributed by atoms with Gasteiger partial charge in [0.05, 0.1) is 26.3 Å². The first kappa shape index (κ1) is 22.7. The molecule has 30 heavy (non-hydrogen) atoms. The molecule has 2 rings (SSSR count). The normalized spacial score (nSPS) is 10.2. The van der Waals surface area contributed by atoms with Gasteiger partial charge in [-0.15, -0.1) is 0 Å². The van der Waals surface area contributed by atoms with Crippen LogP contribution in [0.4, 0.5) is 5.69 Å². The van der Waals surface area contributed by atoms with Crippen LogP contribution in [-0.2, 0) is 14.3 Å². The van der Waals surface area contributed by atoms with Crippen molar-refractivity contribution in [2.45, 2.75) is 13.8 Å². The molecular formula is C22H26N2O6. The second-order valence-corrected chi connectivity index (χ2v) is 6.75. The fraction of sp³-hybridized carbons (Fsp3) is 0.318. The maximum Gasteiger partial charge on any atom is 0.338 e. The molecule has 2 aromatic rings. The molecule has 0 heterocycles. The van der Waals surface area contributed by atoms with Gasteiger partial charge in [0.2, 0.25) is 5.91 Å². The number of likely N-dealkylation sites (N-methyl/N-ethyl adjacent to an activating group) is 1. The molecule has 2 amide bonds. The van der Waals surface area contributed by atoms with Gasteiger partial charge in [-0.3, -0.25) is 9.59 Å². The first-order valence-corrected chi connectivity index (χ1v) is 9.25. The maximum absolute atomic E-state index is 12.3. The summed E-state index contributed by atoms with van der Waals surface area (Å²) in [6.07, 6.45) is 0. The standard InChI is InChI=1S/C22H26N2O6/c1-14-6-8-17(9-7-14)23-20(25)12-24(3)21(26)13-30-22(27)16-10-18(28-4)15(2)19(11-16)29-5/h6-11H,12-13H2,1-5H3,(H,23,25). The minimum absolute atomic E-state index is 0.170. The number of esters is 1. The number of hydrogen-bond acceptors (Lipinski definition) is 6. The van der Waals surface area contributed by atoms with Crippen LogP contribution in [-0.4, -0.2) is 57.1 Å². The summed E-state index contributed by atoms with van der Waals surface area (Å²) in [5.74, 6) is -0.616. The van der Waals surface area contributed by atoms with Gasteiger partial charge in [-0.25, -0.2) is 4.79 Å². The summed E-state index contributed by atoms with van der Waals surface area (Å²) >= 11 is 0. The van der Waals surface area contributed by atoms with Crippen LogP contribution in [0.15, 0.2) is 36.4 Å². The summed E-state index contributed by atoms with van der Waals surface area (Å²) in [4.78, 5) is 37.8. The van der Waals surface area contributed by atoms with Crippen LogP contribution in [0, 0.1) is 13.8 Å². The van der Waals surface area contributed by atoms with Gasteiger partial charge in [0.15, 0.2) is 6.61 Å². The zero-order valence-electron chi connectivity index (χ0n) is 17.8. The van der Waals surface area contributed by atoms with Crippen LogP contribution >= 0.6 is 0 Å². The Morgan fingerprint density at radius 1 is 0.967 bits per heavy atom. The van der Waals surface area contributed by atoms with Gasteiger partial charge in [0.1, 0.15) is 11.5 Å². The van der Waals surface area contributed by atoms with Crippen molar-refractivity contribution in [1.29, 1.82) is 0 Å². The smallest absolute Gasteiger partial charge is 0.338 e. The van der Waals surface area contributed by atoms with Crippen molar-refractivity contribution in [3.63, 3.8) is 0 Å². The Morgan fingerprint density at radius 2 is 1.53 bits per heavy atom. The van der Waals surface area contributed by atoms with Crippen molar-refractivity contribution in [3.05, 3.63) is 53.1 Å². The fourth-order valence-corrected chi connectivity index (χ4v) is 2.67. The summed E-state index contributed by atoms with van der Waals surface area (Å²) in [6, 6.07) is 10.3. The highest BCUT2D eigenvalue weighted by molar-refractivity contribution is 5.95. The van der Waals surface area contributed by atoms with E-state index in [1.807, 2.05) is 19.1 Å². The molecule has 8 heteroatoms. The molecule has 0 saturated heterocycles. The van der Waals surface area contributed by atoms with Gasteiger partial charge >= 0.3 is 5.97 Å². The van der Waals surface area contributed by atoms with Crippen LogP contribution in [0.5, 0.6) is 11.5 Å². The van der Waals surface area contributed by atoms with E-state index in [0.717, 1.165) is 11.1 Å². The minimum atomic E-state index is -0.697. The third-order valence-corrected chi connectivity index (χ3v) is 4.46. The first-order chi connectivity index (χ1) is 14.2. The highest BCUT2D eigenvalue weighted by Gasteiger charge is 2.18. The number of anilines is 1. The molecule has 0 aliphatic carbocycles. The van der Waals surface area contributed by atoms with Gasteiger partial charge in [0, 0.05) is 18.3 Å². The zero-order valence-corrected chi connectivity index (χ0v) is 17.8. The lowest BCUT2D eigenvalue weighted by atomic mass is 10.1. The average Bonchev–Trinajstić information content (AvgIpc) is 2.73. The Labute approximate surface area is 175 Å². The molecule has 2 aromatic carbocycles.